The van der Waals surface area contributed by atoms with Crippen molar-refractivity contribution in [3.05, 3.63) is 34.9 Å². The van der Waals surface area contributed by atoms with Crippen molar-refractivity contribution in [2.24, 2.45) is 5.92 Å². The number of hydrogen-bond donors (Lipinski definition) is 1. The Morgan fingerprint density at radius 1 is 1.38 bits per heavy atom. The first-order valence-corrected chi connectivity index (χ1v) is 5.87. The van der Waals surface area contributed by atoms with Gasteiger partial charge in [0.25, 0.3) is 0 Å². The molecule has 0 heterocycles. The smallest absolute Gasteiger partial charge is 0.303 e. The van der Waals surface area contributed by atoms with E-state index in [2.05, 4.69) is 32.0 Å². The van der Waals surface area contributed by atoms with Gasteiger partial charge in [0.2, 0.25) is 0 Å². The van der Waals surface area contributed by atoms with Crippen molar-refractivity contribution >= 4 is 5.97 Å². The minimum atomic E-state index is -0.685. The van der Waals surface area contributed by atoms with Gasteiger partial charge < -0.3 is 5.11 Å². The molecule has 1 saturated carbocycles. The molecule has 16 heavy (non-hydrogen) atoms. The first-order chi connectivity index (χ1) is 7.58. The van der Waals surface area contributed by atoms with Crippen LogP contribution >= 0.6 is 0 Å². The summed E-state index contributed by atoms with van der Waals surface area (Å²) in [5.74, 6) is 0.130. The highest BCUT2D eigenvalue weighted by molar-refractivity contribution is 5.68. The maximum Gasteiger partial charge on any atom is 0.303 e. The van der Waals surface area contributed by atoms with Crippen LogP contribution in [0.5, 0.6) is 0 Å². The molecule has 1 N–H and O–H groups in total. The third kappa shape index (κ3) is 2.43. The first-order valence-electron chi connectivity index (χ1n) is 5.87. The average Bonchev–Trinajstić information content (AvgIpc) is 3.02. The molecule has 1 aromatic carbocycles. The van der Waals surface area contributed by atoms with Crippen LogP contribution < -0.4 is 0 Å². The molecule has 86 valence electrons. The fraction of sp³-hybridized carbons (Fsp3) is 0.500. The molecule has 0 aromatic heterocycles. The Labute approximate surface area is 96.3 Å². The fourth-order valence-corrected chi connectivity index (χ4v) is 2.24. The van der Waals surface area contributed by atoms with Crippen molar-refractivity contribution in [1.82, 2.24) is 0 Å². The van der Waals surface area contributed by atoms with Gasteiger partial charge in [0.1, 0.15) is 0 Å². The Hall–Kier alpha value is -1.31. The van der Waals surface area contributed by atoms with Crippen LogP contribution in [0.1, 0.15) is 41.9 Å². The summed E-state index contributed by atoms with van der Waals surface area (Å²) in [6, 6.07) is 6.34. The van der Waals surface area contributed by atoms with E-state index in [0.717, 1.165) is 0 Å². The number of benzene rings is 1. The van der Waals surface area contributed by atoms with Gasteiger partial charge in [0.05, 0.1) is 6.42 Å². The van der Waals surface area contributed by atoms with Gasteiger partial charge in [-0.15, -0.1) is 0 Å². The van der Waals surface area contributed by atoms with E-state index in [1.54, 1.807) is 0 Å². The standard InChI is InChI=1S/C14H18O2/c1-9-3-4-12(7-10(9)2)13(8-14(15)16)11-5-6-11/h3-4,7,11,13H,5-6,8H2,1-2H3,(H,15,16)/t13-/m0/s1. The van der Waals surface area contributed by atoms with Crippen LogP contribution in [0.4, 0.5) is 0 Å². The van der Waals surface area contributed by atoms with E-state index in [-0.39, 0.29) is 12.3 Å². The lowest BCUT2D eigenvalue weighted by atomic mass is 9.89. The molecule has 0 bridgehead atoms. The molecule has 1 aliphatic carbocycles. The van der Waals surface area contributed by atoms with Crippen molar-refractivity contribution in [2.45, 2.75) is 39.0 Å². The van der Waals surface area contributed by atoms with Crippen LogP contribution in [0, 0.1) is 19.8 Å². The zero-order valence-corrected chi connectivity index (χ0v) is 9.86. The number of carboxylic acids is 1. The predicted octanol–water partition coefficient (Wildman–Crippen LogP) is 3.27. The summed E-state index contributed by atoms with van der Waals surface area (Å²) in [5, 5.41) is 8.95. The van der Waals surface area contributed by atoms with Gasteiger partial charge in [-0.2, -0.15) is 0 Å². The maximum atomic E-state index is 10.9. The minimum Gasteiger partial charge on any atom is -0.481 e. The van der Waals surface area contributed by atoms with Crippen LogP contribution in [-0.4, -0.2) is 11.1 Å². The van der Waals surface area contributed by atoms with E-state index >= 15 is 0 Å². The highest BCUT2D eigenvalue weighted by Crippen LogP contribution is 2.44. The van der Waals surface area contributed by atoms with E-state index in [9.17, 15) is 4.79 Å². The summed E-state index contributed by atoms with van der Waals surface area (Å²) >= 11 is 0. The summed E-state index contributed by atoms with van der Waals surface area (Å²) in [6.07, 6.45) is 2.64. The second-order valence-electron chi connectivity index (χ2n) is 4.89. The summed E-state index contributed by atoms with van der Waals surface area (Å²) < 4.78 is 0. The molecule has 0 aliphatic heterocycles. The molecule has 2 heteroatoms. The van der Waals surface area contributed by atoms with Gasteiger partial charge in [-0.1, -0.05) is 18.2 Å². The summed E-state index contributed by atoms with van der Waals surface area (Å²) in [6.45, 7) is 4.17. The van der Waals surface area contributed by atoms with E-state index < -0.39 is 5.97 Å². The summed E-state index contributed by atoms with van der Waals surface area (Å²) in [7, 11) is 0. The summed E-state index contributed by atoms with van der Waals surface area (Å²) in [4.78, 5) is 10.9. The molecule has 0 spiro atoms. The summed E-state index contributed by atoms with van der Waals surface area (Å²) in [5.41, 5.74) is 3.73. The molecular weight excluding hydrogens is 200 g/mol. The van der Waals surface area contributed by atoms with Crippen LogP contribution in [0.25, 0.3) is 0 Å². The number of aryl methyl sites for hydroxylation is 2. The molecule has 2 nitrogen and oxygen atoms in total. The Balaban J connectivity index is 2.24. The number of hydrogen-bond acceptors (Lipinski definition) is 1. The van der Waals surface area contributed by atoms with E-state index in [1.807, 2.05) is 0 Å². The number of carboxylic acid groups (broad SMARTS) is 1. The Morgan fingerprint density at radius 3 is 2.56 bits per heavy atom. The number of aliphatic carboxylic acids is 1. The second kappa shape index (κ2) is 4.28. The molecule has 1 aliphatic rings. The van der Waals surface area contributed by atoms with Gasteiger partial charge in [-0.05, 0) is 55.2 Å². The Bertz CT molecular complexity index is 405. The first kappa shape index (κ1) is 11.2. The monoisotopic (exact) mass is 218 g/mol. The van der Waals surface area contributed by atoms with Gasteiger partial charge >= 0.3 is 5.97 Å². The van der Waals surface area contributed by atoms with Crippen molar-refractivity contribution in [3.63, 3.8) is 0 Å². The molecule has 1 atom stereocenters. The van der Waals surface area contributed by atoms with Crippen LogP contribution in [0.15, 0.2) is 18.2 Å². The zero-order chi connectivity index (χ0) is 11.7. The van der Waals surface area contributed by atoms with Gasteiger partial charge in [0.15, 0.2) is 0 Å². The lowest BCUT2D eigenvalue weighted by Crippen LogP contribution is -2.08. The lowest BCUT2D eigenvalue weighted by Gasteiger charge is -2.15. The van der Waals surface area contributed by atoms with Gasteiger partial charge in [-0.25, -0.2) is 0 Å². The highest BCUT2D eigenvalue weighted by Gasteiger charge is 2.33. The van der Waals surface area contributed by atoms with Crippen molar-refractivity contribution in [2.75, 3.05) is 0 Å². The largest absolute Gasteiger partial charge is 0.481 e. The van der Waals surface area contributed by atoms with E-state index in [4.69, 9.17) is 5.11 Å². The number of rotatable bonds is 4. The maximum absolute atomic E-state index is 10.9. The highest BCUT2D eigenvalue weighted by atomic mass is 16.4. The normalized spacial score (nSPS) is 17.1. The Morgan fingerprint density at radius 2 is 2.06 bits per heavy atom. The molecule has 0 saturated heterocycles. The minimum absolute atomic E-state index is 0.219. The third-order valence-corrected chi connectivity index (χ3v) is 3.54. The van der Waals surface area contributed by atoms with Gasteiger partial charge in [0, 0.05) is 0 Å². The fourth-order valence-electron chi connectivity index (χ4n) is 2.24. The van der Waals surface area contributed by atoms with Crippen LogP contribution in [0.2, 0.25) is 0 Å². The second-order valence-corrected chi connectivity index (χ2v) is 4.89. The average molecular weight is 218 g/mol. The molecule has 0 radical (unpaired) electrons. The topological polar surface area (TPSA) is 37.3 Å². The molecule has 0 amide bonds. The zero-order valence-electron chi connectivity index (χ0n) is 9.86. The van der Waals surface area contributed by atoms with Crippen LogP contribution in [0.3, 0.4) is 0 Å². The number of carbonyl (C=O) groups is 1. The van der Waals surface area contributed by atoms with Crippen LogP contribution in [-0.2, 0) is 4.79 Å². The van der Waals surface area contributed by atoms with Crippen molar-refractivity contribution < 1.29 is 9.90 Å². The SMILES string of the molecule is Cc1ccc([C@@H](CC(=O)O)C2CC2)cc1C. The molecule has 1 fully saturated rings. The third-order valence-electron chi connectivity index (χ3n) is 3.54. The molecular formula is C14H18O2. The van der Waals surface area contributed by atoms with Crippen molar-refractivity contribution in [1.29, 1.82) is 0 Å². The molecule has 2 rings (SSSR count). The van der Waals surface area contributed by atoms with E-state index in [1.165, 1.54) is 29.5 Å². The van der Waals surface area contributed by atoms with Crippen molar-refractivity contribution in [3.8, 4) is 0 Å². The Kier molecular flexibility index (Phi) is 2.99. The molecule has 0 unspecified atom stereocenters. The quantitative estimate of drug-likeness (QED) is 0.842. The predicted molar refractivity (Wildman–Crippen MR) is 63.6 cm³/mol. The lowest BCUT2D eigenvalue weighted by molar-refractivity contribution is -0.137. The van der Waals surface area contributed by atoms with E-state index in [0.29, 0.717) is 5.92 Å². The molecule has 1 aromatic rings. The van der Waals surface area contributed by atoms with Gasteiger partial charge in [-0.3, -0.25) is 4.79 Å².